The fourth-order valence-electron chi connectivity index (χ4n) is 2.50. The first kappa shape index (κ1) is 10.8. The van der Waals surface area contributed by atoms with Crippen LogP contribution in [0, 0.1) is 0 Å². The number of azide groups is 1. The van der Waals surface area contributed by atoms with E-state index in [-0.39, 0.29) is 11.9 Å². The molecule has 6 nitrogen and oxygen atoms in total. The topological polar surface area (TPSA) is 81.4 Å². The van der Waals surface area contributed by atoms with Crippen molar-refractivity contribution >= 4 is 17.8 Å². The summed E-state index contributed by atoms with van der Waals surface area (Å²) in [7, 11) is 0. The molecule has 2 heterocycles. The zero-order valence-corrected chi connectivity index (χ0v) is 9.60. The number of amides is 1. The number of benzene rings is 1. The fourth-order valence-corrected chi connectivity index (χ4v) is 2.50. The molecule has 2 aliphatic heterocycles. The average Bonchev–Trinajstić information content (AvgIpc) is 2.73. The minimum absolute atomic E-state index is 0.0691. The molecule has 18 heavy (non-hydrogen) atoms. The Labute approximate surface area is 104 Å². The van der Waals surface area contributed by atoms with E-state index in [2.05, 4.69) is 15.0 Å². The molecule has 3 rings (SSSR count). The lowest BCUT2D eigenvalue weighted by atomic mass is 10.1. The number of hydrogen-bond acceptors (Lipinski definition) is 3. The van der Waals surface area contributed by atoms with Gasteiger partial charge in [0.15, 0.2) is 0 Å². The van der Waals surface area contributed by atoms with Gasteiger partial charge in [0.05, 0.1) is 17.3 Å². The van der Waals surface area contributed by atoms with Gasteiger partial charge in [-0.05, 0) is 30.5 Å². The van der Waals surface area contributed by atoms with E-state index >= 15 is 0 Å². The van der Waals surface area contributed by atoms with Gasteiger partial charge in [-0.1, -0.05) is 17.2 Å². The van der Waals surface area contributed by atoms with Gasteiger partial charge in [-0.25, -0.2) is 0 Å². The standard InChI is InChI=1S/C12H11N5O/c13-16-15-11-6-5-8-7-14-10-4-2-1-3-9(10)12(18)17(8)11/h1-4,7-8,11H,5-6H2/t8-,11+/m0/s1. The van der Waals surface area contributed by atoms with Crippen LogP contribution in [0.4, 0.5) is 5.69 Å². The molecular weight excluding hydrogens is 230 g/mol. The van der Waals surface area contributed by atoms with Crippen LogP contribution < -0.4 is 0 Å². The lowest BCUT2D eigenvalue weighted by Gasteiger charge is -2.24. The third-order valence-electron chi connectivity index (χ3n) is 3.34. The molecule has 0 unspecified atom stereocenters. The Kier molecular flexibility index (Phi) is 2.50. The molecule has 0 saturated carbocycles. The normalized spacial score (nSPS) is 25.1. The minimum atomic E-state index is -0.398. The van der Waals surface area contributed by atoms with Crippen molar-refractivity contribution in [2.45, 2.75) is 25.0 Å². The Morgan fingerprint density at radius 3 is 3.06 bits per heavy atom. The zero-order valence-electron chi connectivity index (χ0n) is 9.60. The van der Waals surface area contributed by atoms with E-state index in [0.717, 1.165) is 6.42 Å². The molecule has 1 amide bonds. The van der Waals surface area contributed by atoms with Crippen LogP contribution in [-0.4, -0.2) is 29.2 Å². The van der Waals surface area contributed by atoms with Crippen molar-refractivity contribution in [1.82, 2.24) is 4.90 Å². The summed E-state index contributed by atoms with van der Waals surface area (Å²) in [6.07, 6.45) is 2.85. The Morgan fingerprint density at radius 1 is 1.39 bits per heavy atom. The lowest BCUT2D eigenvalue weighted by Crippen LogP contribution is -2.40. The van der Waals surface area contributed by atoms with Crippen molar-refractivity contribution in [1.29, 1.82) is 0 Å². The van der Waals surface area contributed by atoms with Gasteiger partial charge in [0.1, 0.15) is 6.17 Å². The predicted molar refractivity (Wildman–Crippen MR) is 66.7 cm³/mol. The van der Waals surface area contributed by atoms with E-state index < -0.39 is 6.17 Å². The Balaban J connectivity index is 2.07. The summed E-state index contributed by atoms with van der Waals surface area (Å²) in [5, 5.41) is 3.70. The van der Waals surface area contributed by atoms with Crippen LogP contribution in [0.3, 0.4) is 0 Å². The second-order valence-corrected chi connectivity index (χ2v) is 4.34. The molecule has 1 fully saturated rings. The maximum atomic E-state index is 12.5. The van der Waals surface area contributed by atoms with Crippen molar-refractivity contribution in [3.05, 3.63) is 40.3 Å². The third kappa shape index (κ3) is 1.55. The largest absolute Gasteiger partial charge is 0.322 e. The predicted octanol–water partition coefficient (Wildman–Crippen LogP) is 2.64. The van der Waals surface area contributed by atoms with Gasteiger partial charge in [0.25, 0.3) is 5.91 Å². The van der Waals surface area contributed by atoms with Gasteiger partial charge in [-0.2, -0.15) is 0 Å². The van der Waals surface area contributed by atoms with Crippen LogP contribution in [0.15, 0.2) is 34.4 Å². The van der Waals surface area contributed by atoms with E-state index in [9.17, 15) is 4.79 Å². The van der Waals surface area contributed by atoms with E-state index in [4.69, 9.17) is 5.53 Å². The van der Waals surface area contributed by atoms with Gasteiger partial charge >= 0.3 is 0 Å². The van der Waals surface area contributed by atoms with Crippen molar-refractivity contribution < 1.29 is 4.79 Å². The van der Waals surface area contributed by atoms with Crippen LogP contribution >= 0.6 is 0 Å². The molecular formula is C12H11N5O. The number of nitrogens with zero attached hydrogens (tertiary/aromatic N) is 5. The Hall–Kier alpha value is -2.33. The van der Waals surface area contributed by atoms with Crippen molar-refractivity contribution in [3.8, 4) is 0 Å². The summed E-state index contributed by atoms with van der Waals surface area (Å²) in [5.41, 5.74) is 9.80. The Bertz CT molecular complexity index is 576. The first-order valence-corrected chi connectivity index (χ1v) is 5.81. The van der Waals surface area contributed by atoms with Crippen LogP contribution in [0.5, 0.6) is 0 Å². The summed E-state index contributed by atoms with van der Waals surface area (Å²) < 4.78 is 0. The van der Waals surface area contributed by atoms with Crippen LogP contribution in [0.1, 0.15) is 23.2 Å². The Morgan fingerprint density at radius 2 is 2.22 bits per heavy atom. The SMILES string of the molecule is [N-]=[N+]=N[C@H]1CC[C@H]2C=Nc3ccccc3C(=O)N21. The highest BCUT2D eigenvalue weighted by molar-refractivity contribution is 6.02. The summed E-state index contributed by atoms with van der Waals surface area (Å²) in [5.74, 6) is -0.108. The van der Waals surface area contributed by atoms with Crippen LogP contribution in [0.25, 0.3) is 10.4 Å². The zero-order chi connectivity index (χ0) is 12.5. The molecule has 2 aliphatic rings. The van der Waals surface area contributed by atoms with Crippen molar-refractivity contribution in [3.63, 3.8) is 0 Å². The average molecular weight is 241 g/mol. The summed E-state index contributed by atoms with van der Waals surface area (Å²) in [6.45, 7) is 0. The molecule has 0 spiro atoms. The summed E-state index contributed by atoms with van der Waals surface area (Å²) in [4.78, 5) is 21.3. The molecule has 90 valence electrons. The van der Waals surface area contributed by atoms with Gasteiger partial charge in [-0.15, -0.1) is 0 Å². The van der Waals surface area contributed by atoms with Gasteiger partial charge < -0.3 is 4.90 Å². The second kappa shape index (κ2) is 4.16. The van der Waals surface area contributed by atoms with Gasteiger partial charge in [0.2, 0.25) is 0 Å². The highest BCUT2D eigenvalue weighted by Crippen LogP contribution is 2.32. The highest BCUT2D eigenvalue weighted by Gasteiger charge is 2.37. The lowest BCUT2D eigenvalue weighted by molar-refractivity contribution is 0.0718. The van der Waals surface area contributed by atoms with E-state index in [1.54, 1.807) is 17.2 Å². The first-order chi connectivity index (χ1) is 8.81. The van der Waals surface area contributed by atoms with Crippen LogP contribution in [0.2, 0.25) is 0 Å². The number of fused-ring (bicyclic) bond motifs is 2. The van der Waals surface area contributed by atoms with E-state index in [0.29, 0.717) is 17.7 Å². The highest BCUT2D eigenvalue weighted by atomic mass is 16.2. The van der Waals surface area contributed by atoms with Crippen LogP contribution in [-0.2, 0) is 0 Å². The number of para-hydroxylation sites is 1. The maximum absolute atomic E-state index is 12.5. The summed E-state index contributed by atoms with van der Waals surface area (Å²) >= 11 is 0. The van der Waals surface area contributed by atoms with Crippen molar-refractivity contribution in [2.24, 2.45) is 10.1 Å². The number of carbonyl (C=O) groups is 1. The van der Waals surface area contributed by atoms with E-state index in [1.807, 2.05) is 18.2 Å². The maximum Gasteiger partial charge on any atom is 0.256 e. The molecule has 0 radical (unpaired) electrons. The molecule has 0 bridgehead atoms. The molecule has 0 aliphatic carbocycles. The second-order valence-electron chi connectivity index (χ2n) is 4.34. The van der Waals surface area contributed by atoms with Gasteiger partial charge in [0, 0.05) is 11.1 Å². The number of aliphatic imine (C=N–C) groups is 1. The third-order valence-corrected chi connectivity index (χ3v) is 3.34. The van der Waals surface area contributed by atoms with E-state index in [1.165, 1.54) is 0 Å². The van der Waals surface area contributed by atoms with Crippen molar-refractivity contribution in [2.75, 3.05) is 0 Å². The smallest absolute Gasteiger partial charge is 0.256 e. The van der Waals surface area contributed by atoms with Gasteiger partial charge in [-0.3, -0.25) is 9.79 Å². The molecule has 0 N–H and O–H groups in total. The number of rotatable bonds is 1. The fraction of sp³-hybridized carbons (Fsp3) is 0.333. The quantitative estimate of drug-likeness (QED) is 0.422. The molecule has 6 heteroatoms. The minimum Gasteiger partial charge on any atom is -0.322 e. The molecule has 1 aromatic carbocycles. The number of carbonyl (C=O) groups excluding carboxylic acids is 1. The summed E-state index contributed by atoms with van der Waals surface area (Å²) in [6, 6.07) is 7.16. The number of hydrogen-bond donors (Lipinski definition) is 0. The first-order valence-electron chi connectivity index (χ1n) is 5.81. The molecule has 1 aromatic rings. The monoisotopic (exact) mass is 241 g/mol. The molecule has 2 atom stereocenters. The molecule has 1 saturated heterocycles. The molecule has 0 aromatic heterocycles.